The van der Waals surface area contributed by atoms with Crippen LogP contribution in [0.25, 0.3) is 10.8 Å². The number of halogens is 2. The van der Waals surface area contributed by atoms with Crippen molar-refractivity contribution in [2.24, 2.45) is 0 Å². The second kappa shape index (κ2) is 10.4. The molecule has 9 heteroatoms. The normalized spacial score (nSPS) is 11.7. The summed E-state index contributed by atoms with van der Waals surface area (Å²) in [6, 6.07) is 9.58. The van der Waals surface area contributed by atoms with Gasteiger partial charge in [0, 0.05) is 41.2 Å². The van der Waals surface area contributed by atoms with Crippen molar-refractivity contribution in [3.05, 3.63) is 35.9 Å². The smallest absolute Gasteiger partial charge is 0.341 e. The molecule has 2 rings (SSSR count). The predicted octanol–water partition coefficient (Wildman–Crippen LogP) is 4.14. The first-order valence-corrected chi connectivity index (χ1v) is 10.8. The monoisotopic (exact) mass is 420 g/mol. The number of alkyl halides is 2. The van der Waals surface area contributed by atoms with Crippen LogP contribution in [0.5, 0.6) is 11.5 Å². The van der Waals surface area contributed by atoms with Crippen LogP contribution in [-0.4, -0.2) is 39.1 Å². The lowest BCUT2D eigenvalue weighted by atomic mass is 10.0. The summed E-state index contributed by atoms with van der Waals surface area (Å²) in [6.45, 7) is 0.741. The van der Waals surface area contributed by atoms with E-state index in [1.807, 2.05) is 30.3 Å². The van der Waals surface area contributed by atoms with Crippen LogP contribution in [0.15, 0.2) is 30.3 Å². The average Bonchev–Trinajstić information content (AvgIpc) is 2.68. The molecule has 0 saturated heterocycles. The summed E-state index contributed by atoms with van der Waals surface area (Å²) in [5.41, 5.74) is 0.726. The number of nitrogens with one attached hydrogen (secondary N) is 2. The molecule has 26 heavy (non-hydrogen) atoms. The molecule has 0 spiro atoms. The molecule has 0 unspecified atom stereocenters. The van der Waals surface area contributed by atoms with E-state index in [0.29, 0.717) is 36.3 Å². The number of methoxy groups -OCH3 is 2. The van der Waals surface area contributed by atoms with E-state index < -0.39 is 7.67 Å². The summed E-state index contributed by atoms with van der Waals surface area (Å²) in [7, 11) is -0.100. The van der Waals surface area contributed by atoms with Crippen molar-refractivity contribution < 1.29 is 18.6 Å². The van der Waals surface area contributed by atoms with E-state index >= 15 is 0 Å². The number of hydrogen-bond acceptors (Lipinski definition) is 4. The summed E-state index contributed by atoms with van der Waals surface area (Å²) >= 11 is 11.4. The van der Waals surface area contributed by atoms with E-state index in [9.17, 15) is 4.57 Å². The van der Waals surface area contributed by atoms with Crippen molar-refractivity contribution in [2.45, 2.75) is 6.61 Å². The molecule has 0 bridgehead atoms. The quantitative estimate of drug-likeness (QED) is 0.420. The summed E-state index contributed by atoms with van der Waals surface area (Å²) in [5, 5.41) is 7.45. The van der Waals surface area contributed by atoms with E-state index in [2.05, 4.69) is 10.2 Å². The molecule has 6 nitrogen and oxygen atoms in total. The number of ether oxygens (including phenoxy) is 2. The van der Waals surface area contributed by atoms with Crippen molar-refractivity contribution in [1.82, 2.24) is 10.2 Å². The first-order valence-electron chi connectivity index (χ1n) is 8.08. The van der Waals surface area contributed by atoms with Crippen LogP contribution >= 0.6 is 30.9 Å². The first kappa shape index (κ1) is 21.3. The van der Waals surface area contributed by atoms with Gasteiger partial charge in [0.1, 0.15) is 11.5 Å². The van der Waals surface area contributed by atoms with E-state index in [-0.39, 0.29) is 6.61 Å². The first-order chi connectivity index (χ1) is 12.6. The van der Waals surface area contributed by atoms with Gasteiger partial charge in [0.15, 0.2) is 0 Å². The lowest BCUT2D eigenvalue weighted by molar-refractivity contribution is 0.281. The maximum atomic E-state index is 12.9. The largest absolute Gasteiger partial charge is 0.496 e. The Kier molecular flexibility index (Phi) is 8.48. The molecule has 0 aliphatic carbocycles. The Hall–Kier alpha value is -1.01. The van der Waals surface area contributed by atoms with Crippen molar-refractivity contribution in [3.63, 3.8) is 0 Å². The summed E-state index contributed by atoms with van der Waals surface area (Å²) in [4.78, 5) is 0. The van der Waals surface area contributed by atoms with Crippen LogP contribution in [0.2, 0.25) is 0 Å². The van der Waals surface area contributed by atoms with Gasteiger partial charge in [-0.2, -0.15) is 0 Å². The maximum Gasteiger partial charge on any atom is 0.341 e. The molecule has 0 fully saturated rings. The zero-order valence-electron chi connectivity index (χ0n) is 14.8. The molecule has 0 aliphatic rings. The average molecular weight is 421 g/mol. The fourth-order valence-electron chi connectivity index (χ4n) is 2.57. The molecule has 144 valence electrons. The van der Waals surface area contributed by atoms with Gasteiger partial charge in [-0.05, 0) is 6.07 Å². The van der Waals surface area contributed by atoms with E-state index in [1.54, 1.807) is 14.2 Å². The predicted molar refractivity (Wildman–Crippen MR) is 107 cm³/mol. The number of rotatable bonds is 11. The molecule has 2 aromatic carbocycles. The number of hydrogen-bond donors (Lipinski definition) is 2. The van der Waals surface area contributed by atoms with E-state index in [4.69, 9.17) is 37.2 Å². The second-order valence-corrected chi connectivity index (χ2v) is 8.09. The molecular weight excluding hydrogens is 398 g/mol. The van der Waals surface area contributed by atoms with Crippen molar-refractivity contribution >= 4 is 41.6 Å². The number of benzene rings is 2. The molecule has 0 heterocycles. The van der Waals surface area contributed by atoms with Crippen molar-refractivity contribution in [2.75, 3.05) is 39.1 Å². The van der Waals surface area contributed by atoms with Crippen molar-refractivity contribution in [3.8, 4) is 11.5 Å². The van der Waals surface area contributed by atoms with Crippen LogP contribution in [0.4, 0.5) is 0 Å². The second-order valence-electron chi connectivity index (χ2n) is 5.34. The van der Waals surface area contributed by atoms with E-state index in [1.165, 1.54) is 0 Å². The molecule has 0 aromatic heterocycles. The third-order valence-electron chi connectivity index (χ3n) is 3.69. The Morgan fingerprint density at radius 1 is 1.00 bits per heavy atom. The van der Waals surface area contributed by atoms with Gasteiger partial charge in [-0.25, -0.2) is 10.2 Å². The molecular formula is C17H23Cl2N2O4P. The molecule has 2 aromatic rings. The third kappa shape index (κ3) is 5.26. The Morgan fingerprint density at radius 2 is 1.62 bits per heavy atom. The highest BCUT2D eigenvalue weighted by molar-refractivity contribution is 7.54. The Morgan fingerprint density at radius 3 is 2.15 bits per heavy atom. The lowest BCUT2D eigenvalue weighted by Crippen LogP contribution is -2.27. The van der Waals surface area contributed by atoms with Crippen LogP contribution in [0.1, 0.15) is 5.56 Å². The van der Waals surface area contributed by atoms with Gasteiger partial charge in [0.05, 0.1) is 20.8 Å². The zero-order chi connectivity index (χ0) is 19.0. The SMILES string of the molecule is COc1cc(COP(=O)(NCCCl)NCCCl)c(OC)c2ccccc12. The van der Waals surface area contributed by atoms with Gasteiger partial charge >= 0.3 is 7.67 Å². The summed E-state index contributed by atoms with van der Waals surface area (Å²) in [5.74, 6) is 1.96. The standard InChI is InChI=1S/C17H23Cl2N2O4P/c1-23-16-11-13(17(24-2)15-6-4-3-5-14(15)16)12-25-26(22,20-9-7-18)21-10-8-19/h3-6,11H,7-10,12H2,1-2H3,(H2,20,21,22). The van der Waals surface area contributed by atoms with Gasteiger partial charge in [-0.15, -0.1) is 23.2 Å². The minimum atomic E-state index is -3.30. The minimum absolute atomic E-state index is 0.0617. The summed E-state index contributed by atoms with van der Waals surface area (Å²) in [6.07, 6.45) is 0. The van der Waals surface area contributed by atoms with Gasteiger partial charge < -0.3 is 14.0 Å². The van der Waals surface area contributed by atoms with Crippen molar-refractivity contribution in [1.29, 1.82) is 0 Å². The molecule has 0 atom stereocenters. The van der Waals surface area contributed by atoms with Crippen LogP contribution in [0.3, 0.4) is 0 Å². The fraction of sp³-hybridized carbons (Fsp3) is 0.412. The fourth-order valence-corrected chi connectivity index (χ4v) is 4.45. The topological polar surface area (TPSA) is 68.8 Å². The molecule has 0 amide bonds. The highest BCUT2D eigenvalue weighted by atomic mass is 35.5. The van der Waals surface area contributed by atoms with Gasteiger partial charge in [-0.3, -0.25) is 4.57 Å². The van der Waals surface area contributed by atoms with Gasteiger partial charge in [-0.1, -0.05) is 24.3 Å². The number of fused-ring (bicyclic) bond motifs is 1. The summed E-state index contributed by atoms with van der Waals surface area (Å²) < 4.78 is 29.6. The molecule has 0 radical (unpaired) electrons. The minimum Gasteiger partial charge on any atom is -0.496 e. The highest BCUT2D eigenvalue weighted by Gasteiger charge is 2.23. The van der Waals surface area contributed by atoms with Crippen LogP contribution < -0.4 is 19.6 Å². The van der Waals surface area contributed by atoms with Crippen LogP contribution in [0, 0.1) is 0 Å². The zero-order valence-corrected chi connectivity index (χ0v) is 17.2. The Balaban J connectivity index is 2.32. The molecule has 0 saturated carbocycles. The molecule has 2 N–H and O–H groups in total. The molecule has 0 aliphatic heterocycles. The van der Waals surface area contributed by atoms with Crippen LogP contribution in [-0.2, 0) is 15.7 Å². The van der Waals surface area contributed by atoms with Gasteiger partial charge in [0.25, 0.3) is 0 Å². The van der Waals surface area contributed by atoms with Gasteiger partial charge in [0.2, 0.25) is 0 Å². The third-order valence-corrected chi connectivity index (χ3v) is 5.84. The maximum absolute atomic E-state index is 12.9. The lowest BCUT2D eigenvalue weighted by Gasteiger charge is -2.21. The Bertz CT molecular complexity index is 764. The Labute approximate surface area is 163 Å². The van der Waals surface area contributed by atoms with E-state index in [0.717, 1.165) is 16.3 Å². The highest BCUT2D eigenvalue weighted by Crippen LogP contribution is 2.42.